The first kappa shape index (κ1) is 9.53. The number of rotatable bonds is 1. The molecule has 0 radical (unpaired) electrons. The molecule has 3 heteroatoms. The van der Waals surface area contributed by atoms with Crippen LogP contribution in [0.1, 0.15) is 24.3 Å². The molecular formula is C11H12ClNO. The molecule has 14 heavy (non-hydrogen) atoms. The highest BCUT2D eigenvalue weighted by Crippen LogP contribution is 2.29. The number of amides is 1. The number of hydrogen-bond acceptors (Lipinski definition) is 1. The maximum Gasteiger partial charge on any atom is 0.220 e. The number of benzene rings is 1. The molecule has 0 unspecified atom stereocenters. The minimum atomic E-state index is 0.147. The Kier molecular flexibility index (Phi) is 2.73. The average molecular weight is 210 g/mol. The summed E-state index contributed by atoms with van der Waals surface area (Å²) in [6.07, 6.45) is 1.51. The first-order valence-corrected chi connectivity index (χ1v) is 5.16. The van der Waals surface area contributed by atoms with E-state index < -0.39 is 0 Å². The van der Waals surface area contributed by atoms with Gasteiger partial charge in [-0.3, -0.25) is 4.79 Å². The molecule has 0 aliphatic carbocycles. The zero-order valence-corrected chi connectivity index (χ0v) is 8.55. The summed E-state index contributed by atoms with van der Waals surface area (Å²) in [6.45, 7) is 0.711. The van der Waals surface area contributed by atoms with E-state index in [0.29, 0.717) is 18.9 Å². The highest BCUT2D eigenvalue weighted by Gasteiger charge is 2.20. The van der Waals surface area contributed by atoms with Crippen LogP contribution in [0.2, 0.25) is 5.02 Å². The zero-order chi connectivity index (χ0) is 9.97. The van der Waals surface area contributed by atoms with Crippen molar-refractivity contribution in [1.29, 1.82) is 0 Å². The van der Waals surface area contributed by atoms with Crippen molar-refractivity contribution in [3.8, 4) is 0 Å². The number of carbonyl (C=O) groups excluding carboxylic acids is 1. The maximum atomic E-state index is 11.0. The Morgan fingerprint density at radius 2 is 2.14 bits per heavy atom. The fourth-order valence-electron chi connectivity index (χ4n) is 1.80. The van der Waals surface area contributed by atoms with Crippen LogP contribution in [0.5, 0.6) is 0 Å². The summed E-state index contributed by atoms with van der Waals surface area (Å²) in [4.78, 5) is 11.0. The van der Waals surface area contributed by atoms with E-state index in [9.17, 15) is 4.79 Å². The SMILES string of the molecule is O=C1CC[C@H](c2ccccc2Cl)CN1. The number of carbonyl (C=O) groups is 1. The summed E-state index contributed by atoms with van der Waals surface area (Å²) in [5.41, 5.74) is 1.15. The molecule has 2 rings (SSSR count). The lowest BCUT2D eigenvalue weighted by Crippen LogP contribution is -2.33. The van der Waals surface area contributed by atoms with Gasteiger partial charge in [0.1, 0.15) is 0 Å². The molecule has 1 saturated heterocycles. The van der Waals surface area contributed by atoms with Crippen LogP contribution >= 0.6 is 11.6 Å². The summed E-state index contributed by atoms with van der Waals surface area (Å²) < 4.78 is 0. The summed E-state index contributed by atoms with van der Waals surface area (Å²) in [5.74, 6) is 0.523. The van der Waals surface area contributed by atoms with Gasteiger partial charge in [-0.2, -0.15) is 0 Å². The van der Waals surface area contributed by atoms with E-state index in [-0.39, 0.29) is 5.91 Å². The van der Waals surface area contributed by atoms with Gasteiger partial charge in [0.15, 0.2) is 0 Å². The van der Waals surface area contributed by atoms with Crippen LogP contribution in [-0.4, -0.2) is 12.5 Å². The Morgan fingerprint density at radius 3 is 2.79 bits per heavy atom. The van der Waals surface area contributed by atoms with Gasteiger partial charge in [0.05, 0.1) is 0 Å². The lowest BCUT2D eigenvalue weighted by molar-refractivity contribution is -0.122. The van der Waals surface area contributed by atoms with E-state index in [4.69, 9.17) is 11.6 Å². The van der Waals surface area contributed by atoms with Gasteiger partial charge < -0.3 is 5.32 Å². The highest BCUT2D eigenvalue weighted by molar-refractivity contribution is 6.31. The van der Waals surface area contributed by atoms with Gasteiger partial charge in [0, 0.05) is 23.9 Å². The summed E-state index contributed by atoms with van der Waals surface area (Å²) >= 11 is 6.08. The van der Waals surface area contributed by atoms with Crippen molar-refractivity contribution in [2.75, 3.05) is 6.54 Å². The van der Waals surface area contributed by atoms with Gasteiger partial charge in [0.25, 0.3) is 0 Å². The van der Waals surface area contributed by atoms with E-state index in [1.54, 1.807) is 0 Å². The van der Waals surface area contributed by atoms with E-state index in [0.717, 1.165) is 17.0 Å². The molecule has 1 amide bonds. The van der Waals surface area contributed by atoms with Crippen LogP contribution in [0.25, 0.3) is 0 Å². The lowest BCUT2D eigenvalue weighted by Gasteiger charge is -2.23. The third kappa shape index (κ3) is 1.90. The van der Waals surface area contributed by atoms with E-state index >= 15 is 0 Å². The molecule has 0 aromatic heterocycles. The molecule has 1 aliphatic rings. The smallest absolute Gasteiger partial charge is 0.220 e. The minimum Gasteiger partial charge on any atom is -0.355 e. The second-order valence-corrected chi connectivity index (χ2v) is 3.97. The predicted octanol–water partition coefficient (Wildman–Crippen LogP) is 2.33. The second-order valence-electron chi connectivity index (χ2n) is 3.56. The number of halogens is 1. The van der Waals surface area contributed by atoms with Crippen LogP contribution in [-0.2, 0) is 4.79 Å². The monoisotopic (exact) mass is 209 g/mol. The Hall–Kier alpha value is -1.02. The number of nitrogens with one attached hydrogen (secondary N) is 1. The molecule has 1 aromatic rings. The first-order chi connectivity index (χ1) is 6.77. The van der Waals surface area contributed by atoms with Gasteiger partial charge in [-0.25, -0.2) is 0 Å². The fraction of sp³-hybridized carbons (Fsp3) is 0.364. The van der Waals surface area contributed by atoms with Gasteiger partial charge >= 0.3 is 0 Å². The van der Waals surface area contributed by atoms with Gasteiger partial charge in [-0.1, -0.05) is 29.8 Å². The highest BCUT2D eigenvalue weighted by atomic mass is 35.5. The van der Waals surface area contributed by atoms with Crippen molar-refractivity contribution in [3.05, 3.63) is 34.9 Å². The van der Waals surface area contributed by atoms with Gasteiger partial charge in [-0.15, -0.1) is 0 Å². The summed E-state index contributed by atoms with van der Waals surface area (Å²) in [7, 11) is 0. The topological polar surface area (TPSA) is 29.1 Å². The van der Waals surface area contributed by atoms with Crippen LogP contribution in [0.15, 0.2) is 24.3 Å². The molecule has 2 nitrogen and oxygen atoms in total. The Morgan fingerprint density at radius 1 is 1.36 bits per heavy atom. The van der Waals surface area contributed by atoms with Crippen molar-refractivity contribution >= 4 is 17.5 Å². The third-order valence-corrected chi connectivity index (χ3v) is 2.95. The van der Waals surface area contributed by atoms with E-state index in [1.165, 1.54) is 0 Å². The van der Waals surface area contributed by atoms with Crippen molar-refractivity contribution in [2.24, 2.45) is 0 Å². The molecule has 1 aromatic carbocycles. The van der Waals surface area contributed by atoms with Crippen LogP contribution in [0, 0.1) is 0 Å². The largest absolute Gasteiger partial charge is 0.355 e. The standard InChI is InChI=1S/C11H12ClNO/c12-10-4-2-1-3-9(10)8-5-6-11(14)13-7-8/h1-4,8H,5-7H2,(H,13,14)/t8-/m0/s1. The lowest BCUT2D eigenvalue weighted by atomic mass is 9.91. The quantitative estimate of drug-likeness (QED) is 0.756. The van der Waals surface area contributed by atoms with Crippen molar-refractivity contribution < 1.29 is 4.79 Å². The van der Waals surface area contributed by atoms with Crippen molar-refractivity contribution in [1.82, 2.24) is 5.32 Å². The van der Waals surface area contributed by atoms with E-state index in [2.05, 4.69) is 5.32 Å². The van der Waals surface area contributed by atoms with Crippen LogP contribution in [0.3, 0.4) is 0 Å². The first-order valence-electron chi connectivity index (χ1n) is 4.78. The Labute approximate surface area is 88.3 Å². The molecule has 1 atom stereocenters. The maximum absolute atomic E-state index is 11.0. The molecule has 0 bridgehead atoms. The summed E-state index contributed by atoms with van der Waals surface area (Å²) in [6, 6.07) is 7.84. The van der Waals surface area contributed by atoms with E-state index in [1.807, 2.05) is 24.3 Å². The molecule has 1 aliphatic heterocycles. The molecule has 1 heterocycles. The molecule has 74 valence electrons. The van der Waals surface area contributed by atoms with Crippen molar-refractivity contribution in [2.45, 2.75) is 18.8 Å². The molecule has 0 saturated carbocycles. The summed E-state index contributed by atoms with van der Waals surface area (Å²) in [5, 5.41) is 3.66. The molecule has 1 N–H and O–H groups in total. The molecule has 1 fully saturated rings. The fourth-order valence-corrected chi connectivity index (χ4v) is 2.09. The average Bonchev–Trinajstić information content (AvgIpc) is 2.20. The third-order valence-electron chi connectivity index (χ3n) is 2.61. The molecular weight excluding hydrogens is 198 g/mol. The van der Waals surface area contributed by atoms with Crippen LogP contribution in [0.4, 0.5) is 0 Å². The van der Waals surface area contributed by atoms with Crippen molar-refractivity contribution in [3.63, 3.8) is 0 Å². The number of piperidine rings is 1. The molecule has 0 spiro atoms. The predicted molar refractivity (Wildman–Crippen MR) is 56.4 cm³/mol. The van der Waals surface area contributed by atoms with Gasteiger partial charge in [0.2, 0.25) is 5.91 Å². The number of hydrogen-bond donors (Lipinski definition) is 1. The minimum absolute atomic E-state index is 0.147. The normalized spacial score (nSPS) is 21.8. The van der Waals surface area contributed by atoms with Gasteiger partial charge in [-0.05, 0) is 18.1 Å². The second kappa shape index (κ2) is 4.01. The Balaban J connectivity index is 2.16. The van der Waals surface area contributed by atoms with Crippen LogP contribution < -0.4 is 5.32 Å². The zero-order valence-electron chi connectivity index (χ0n) is 7.79. The Bertz CT molecular complexity index is 341.